The van der Waals surface area contributed by atoms with Crippen molar-refractivity contribution in [3.63, 3.8) is 0 Å². The number of nitrogens with two attached hydrogens (primary N) is 1. The highest BCUT2D eigenvalue weighted by molar-refractivity contribution is 6.30. The Balaban J connectivity index is 1.50. The van der Waals surface area contributed by atoms with Crippen LogP contribution in [0.3, 0.4) is 0 Å². The molecule has 0 unspecified atom stereocenters. The second kappa shape index (κ2) is 12.5. The Morgan fingerprint density at radius 3 is 2.52 bits per heavy atom. The number of benzene rings is 2. The minimum atomic E-state index is -0.785. The summed E-state index contributed by atoms with van der Waals surface area (Å²) in [5.74, 6) is -2.43. The molecule has 3 N–H and O–H groups in total. The van der Waals surface area contributed by atoms with E-state index in [1.54, 1.807) is 43.0 Å². The quantitative estimate of drug-likeness (QED) is 0.408. The first-order valence-corrected chi connectivity index (χ1v) is 13.5. The number of rotatable bonds is 9. The zero-order valence-electron chi connectivity index (χ0n) is 22.5. The number of carbonyl (C=O) groups excluding carboxylic acids is 4. The van der Waals surface area contributed by atoms with Crippen LogP contribution in [-0.2, 0) is 22.7 Å². The summed E-state index contributed by atoms with van der Waals surface area (Å²) >= 11 is 5.80. The number of primary amides is 1. The molecular formula is C28H32ClFN6O4. The molecule has 1 fully saturated rings. The van der Waals surface area contributed by atoms with Crippen LogP contribution in [0, 0.1) is 5.82 Å². The van der Waals surface area contributed by atoms with E-state index in [2.05, 4.69) is 10.4 Å². The van der Waals surface area contributed by atoms with Crippen LogP contribution in [0.5, 0.6) is 0 Å². The smallest absolute Gasteiger partial charge is 0.269 e. The summed E-state index contributed by atoms with van der Waals surface area (Å²) in [7, 11) is 0. The van der Waals surface area contributed by atoms with Gasteiger partial charge in [0, 0.05) is 42.2 Å². The number of halogens is 2. The van der Waals surface area contributed by atoms with Crippen LogP contribution in [0.15, 0.2) is 36.4 Å². The van der Waals surface area contributed by atoms with Crippen LogP contribution < -0.4 is 11.1 Å². The van der Waals surface area contributed by atoms with Gasteiger partial charge in [0.15, 0.2) is 5.69 Å². The monoisotopic (exact) mass is 570 g/mol. The van der Waals surface area contributed by atoms with Gasteiger partial charge in [0.2, 0.25) is 11.8 Å². The molecule has 2 heterocycles. The summed E-state index contributed by atoms with van der Waals surface area (Å²) in [5.41, 5.74) is 6.63. The number of aromatic nitrogens is 2. The fourth-order valence-electron chi connectivity index (χ4n) is 4.76. The average Bonchev–Trinajstić information content (AvgIpc) is 3.30. The molecule has 1 aliphatic rings. The summed E-state index contributed by atoms with van der Waals surface area (Å²) in [4.78, 5) is 54.3. The highest BCUT2D eigenvalue weighted by Gasteiger charge is 2.25. The Kier molecular flexibility index (Phi) is 9.03. The van der Waals surface area contributed by atoms with Gasteiger partial charge in [0.1, 0.15) is 12.4 Å². The van der Waals surface area contributed by atoms with Crippen molar-refractivity contribution < 1.29 is 23.6 Å². The van der Waals surface area contributed by atoms with E-state index in [4.69, 9.17) is 17.3 Å². The van der Waals surface area contributed by atoms with Crippen molar-refractivity contribution in [1.29, 1.82) is 0 Å². The van der Waals surface area contributed by atoms with E-state index in [9.17, 15) is 23.6 Å². The van der Waals surface area contributed by atoms with Gasteiger partial charge in [0.05, 0.1) is 17.1 Å². The van der Waals surface area contributed by atoms with Gasteiger partial charge in [-0.25, -0.2) is 4.39 Å². The van der Waals surface area contributed by atoms with Crippen LogP contribution in [0.4, 0.5) is 4.39 Å². The number of hydrogen-bond acceptors (Lipinski definition) is 5. The van der Waals surface area contributed by atoms with Gasteiger partial charge < -0.3 is 20.9 Å². The maximum atomic E-state index is 14.2. The molecule has 0 atom stereocenters. The minimum Gasteiger partial charge on any atom is -0.364 e. The van der Waals surface area contributed by atoms with E-state index in [0.717, 1.165) is 19.3 Å². The molecule has 12 heteroatoms. The molecular weight excluding hydrogens is 539 g/mol. The van der Waals surface area contributed by atoms with E-state index in [1.165, 1.54) is 21.7 Å². The van der Waals surface area contributed by atoms with Crippen LogP contribution >= 0.6 is 11.6 Å². The van der Waals surface area contributed by atoms with Crippen molar-refractivity contribution in [3.8, 4) is 0 Å². The maximum absolute atomic E-state index is 14.2. The van der Waals surface area contributed by atoms with Crippen molar-refractivity contribution >= 4 is 46.1 Å². The number of piperidine rings is 1. The van der Waals surface area contributed by atoms with Gasteiger partial charge >= 0.3 is 0 Å². The van der Waals surface area contributed by atoms with Crippen molar-refractivity contribution in [2.45, 2.75) is 52.2 Å². The molecule has 1 aromatic heterocycles. The number of nitrogens with zero attached hydrogens (tertiary/aromatic N) is 4. The lowest BCUT2D eigenvalue weighted by atomic mass is 10.1. The van der Waals surface area contributed by atoms with Crippen LogP contribution in [-0.4, -0.2) is 68.9 Å². The van der Waals surface area contributed by atoms with Crippen LogP contribution in [0.2, 0.25) is 5.02 Å². The van der Waals surface area contributed by atoms with Crippen LogP contribution in [0.25, 0.3) is 10.9 Å². The first kappa shape index (κ1) is 29.0. The summed E-state index contributed by atoms with van der Waals surface area (Å²) in [5, 5.41) is 7.21. The van der Waals surface area contributed by atoms with Crippen molar-refractivity contribution in [2.24, 2.45) is 5.73 Å². The molecule has 0 aliphatic carbocycles. The van der Waals surface area contributed by atoms with Gasteiger partial charge in [-0.2, -0.15) is 5.10 Å². The summed E-state index contributed by atoms with van der Waals surface area (Å²) in [6.07, 6.45) is 2.98. The summed E-state index contributed by atoms with van der Waals surface area (Å²) in [6, 6.07) is 9.05. The molecule has 10 nitrogen and oxygen atoms in total. The topological polar surface area (TPSA) is 131 Å². The number of likely N-dealkylation sites (tertiary alicyclic amines) is 1. The largest absolute Gasteiger partial charge is 0.364 e. The molecule has 212 valence electrons. The molecule has 0 radical (unpaired) electrons. The number of fused-ring (bicyclic) bond motifs is 1. The molecule has 1 saturated heterocycles. The fraction of sp³-hybridized carbons (Fsp3) is 0.393. The number of carbonyl (C=O) groups is 4. The van der Waals surface area contributed by atoms with Gasteiger partial charge in [-0.1, -0.05) is 23.7 Å². The lowest BCUT2D eigenvalue weighted by Gasteiger charge is -2.27. The van der Waals surface area contributed by atoms with E-state index in [0.29, 0.717) is 29.6 Å². The number of hydrogen-bond donors (Lipinski definition) is 2. The third-order valence-electron chi connectivity index (χ3n) is 6.92. The first-order valence-electron chi connectivity index (χ1n) is 13.2. The molecule has 3 aromatic rings. The van der Waals surface area contributed by atoms with E-state index in [-0.39, 0.29) is 47.9 Å². The molecule has 1 aliphatic heterocycles. The zero-order valence-corrected chi connectivity index (χ0v) is 23.2. The number of amides is 4. The standard InChI is InChI=1S/C28H32ClFN6O4/c1-17(2)35(15-23(37)32-14-19-7-6-8-21(29)25(19)30)24(38)16-36-22-10-9-18(13-20(22)26(33-36)27(31)39)28(40)34-11-4-3-5-12-34/h6-10,13,17H,3-5,11-12,14-16H2,1-2H3,(H2,31,39)(H,32,37). The van der Waals surface area contributed by atoms with E-state index >= 15 is 0 Å². The Labute approximate surface area is 236 Å². The van der Waals surface area contributed by atoms with Crippen molar-refractivity contribution in [2.75, 3.05) is 19.6 Å². The highest BCUT2D eigenvalue weighted by Crippen LogP contribution is 2.23. The van der Waals surface area contributed by atoms with Crippen LogP contribution in [0.1, 0.15) is 59.5 Å². The Bertz CT molecular complexity index is 1450. The van der Waals surface area contributed by atoms with Gasteiger partial charge in [-0.05, 0) is 57.4 Å². The van der Waals surface area contributed by atoms with E-state index in [1.807, 2.05) is 0 Å². The molecule has 2 aromatic carbocycles. The average molecular weight is 571 g/mol. The normalized spacial score (nSPS) is 13.5. The van der Waals surface area contributed by atoms with Gasteiger partial charge in [-0.15, -0.1) is 0 Å². The molecule has 4 amide bonds. The van der Waals surface area contributed by atoms with Crippen molar-refractivity contribution in [3.05, 3.63) is 64.1 Å². The Hall–Kier alpha value is -3.99. The zero-order chi connectivity index (χ0) is 29.0. The predicted octanol–water partition coefficient (Wildman–Crippen LogP) is 3.11. The summed E-state index contributed by atoms with van der Waals surface area (Å²) < 4.78 is 15.5. The summed E-state index contributed by atoms with van der Waals surface area (Å²) in [6.45, 7) is 4.26. The molecule has 0 spiro atoms. The third-order valence-corrected chi connectivity index (χ3v) is 7.22. The molecule has 4 rings (SSSR count). The van der Waals surface area contributed by atoms with Gasteiger partial charge in [0.25, 0.3) is 11.8 Å². The molecule has 0 saturated carbocycles. The second-order valence-corrected chi connectivity index (χ2v) is 10.5. The SMILES string of the molecule is CC(C)N(CC(=O)NCc1cccc(Cl)c1F)C(=O)Cn1nc(C(N)=O)c2cc(C(=O)N3CCCCC3)ccc21. The maximum Gasteiger partial charge on any atom is 0.269 e. The lowest BCUT2D eigenvalue weighted by Crippen LogP contribution is -2.45. The van der Waals surface area contributed by atoms with E-state index < -0.39 is 23.5 Å². The Morgan fingerprint density at radius 2 is 1.85 bits per heavy atom. The van der Waals surface area contributed by atoms with Crippen molar-refractivity contribution in [1.82, 2.24) is 24.9 Å². The predicted molar refractivity (Wildman–Crippen MR) is 148 cm³/mol. The Morgan fingerprint density at radius 1 is 1.12 bits per heavy atom. The minimum absolute atomic E-state index is 0.0458. The third kappa shape index (κ3) is 6.41. The highest BCUT2D eigenvalue weighted by atomic mass is 35.5. The number of nitrogens with one attached hydrogen (secondary N) is 1. The molecule has 40 heavy (non-hydrogen) atoms. The van der Waals surface area contributed by atoms with Gasteiger partial charge in [-0.3, -0.25) is 23.9 Å². The second-order valence-electron chi connectivity index (χ2n) is 10.1. The lowest BCUT2D eigenvalue weighted by molar-refractivity contribution is -0.138. The fourth-order valence-corrected chi connectivity index (χ4v) is 4.96. The molecule has 0 bridgehead atoms. The first-order chi connectivity index (χ1) is 19.1.